The summed E-state index contributed by atoms with van der Waals surface area (Å²) in [5.41, 5.74) is 1.32. The second kappa shape index (κ2) is 8.94. The van der Waals surface area contributed by atoms with E-state index in [0.717, 1.165) is 31.6 Å². The van der Waals surface area contributed by atoms with Gasteiger partial charge in [-0.2, -0.15) is 0 Å². The smallest absolute Gasteiger partial charge is 0.118 e. The Morgan fingerprint density at radius 1 is 1.11 bits per heavy atom. The van der Waals surface area contributed by atoms with Crippen LogP contribution in [0.2, 0.25) is 0 Å². The topological polar surface area (TPSA) is 30.5 Å². The Bertz CT molecular complexity index is 337. The van der Waals surface area contributed by atoms with E-state index in [9.17, 15) is 0 Å². The van der Waals surface area contributed by atoms with Crippen LogP contribution >= 0.6 is 0 Å². The lowest BCUT2D eigenvalue weighted by Gasteiger charge is -2.21. The summed E-state index contributed by atoms with van der Waals surface area (Å²) in [6, 6.07) is 8.72. The Morgan fingerprint density at radius 3 is 2.32 bits per heavy atom. The fourth-order valence-electron chi connectivity index (χ4n) is 2.06. The highest BCUT2D eigenvalue weighted by Gasteiger charge is 2.12. The molecule has 3 nitrogen and oxygen atoms in total. The maximum atomic E-state index is 5.33. The Morgan fingerprint density at radius 2 is 1.79 bits per heavy atom. The van der Waals surface area contributed by atoms with Gasteiger partial charge < -0.3 is 14.8 Å². The highest BCUT2D eigenvalue weighted by molar-refractivity contribution is 5.29. The van der Waals surface area contributed by atoms with Crippen LogP contribution in [0.25, 0.3) is 0 Å². The van der Waals surface area contributed by atoms with Crippen molar-refractivity contribution in [3.8, 4) is 5.75 Å². The van der Waals surface area contributed by atoms with Crippen LogP contribution in [0.1, 0.15) is 44.7 Å². The molecule has 1 aromatic rings. The van der Waals surface area contributed by atoms with E-state index in [-0.39, 0.29) is 0 Å². The van der Waals surface area contributed by atoms with Gasteiger partial charge in [-0.05, 0) is 50.4 Å². The first kappa shape index (κ1) is 16.0. The summed E-state index contributed by atoms with van der Waals surface area (Å²) in [7, 11) is 3.47. The first-order valence-corrected chi connectivity index (χ1v) is 7.11. The summed E-state index contributed by atoms with van der Waals surface area (Å²) in [6.07, 6.45) is 3.60. The van der Waals surface area contributed by atoms with E-state index in [1.165, 1.54) is 5.56 Å². The number of benzene rings is 1. The molecule has 0 heterocycles. The van der Waals surface area contributed by atoms with Crippen LogP contribution in [-0.4, -0.2) is 26.9 Å². The van der Waals surface area contributed by atoms with E-state index in [0.29, 0.717) is 12.1 Å². The lowest BCUT2D eigenvalue weighted by atomic mass is 10.00. The van der Waals surface area contributed by atoms with E-state index in [1.807, 2.05) is 12.1 Å². The molecule has 0 saturated carbocycles. The van der Waals surface area contributed by atoms with Gasteiger partial charge in [0.05, 0.1) is 13.2 Å². The highest BCUT2D eigenvalue weighted by Crippen LogP contribution is 2.22. The van der Waals surface area contributed by atoms with Gasteiger partial charge in [-0.1, -0.05) is 19.1 Å². The number of nitrogens with one attached hydrogen (secondary N) is 1. The number of hydrogen-bond donors (Lipinski definition) is 1. The summed E-state index contributed by atoms with van der Waals surface area (Å²) in [4.78, 5) is 0. The van der Waals surface area contributed by atoms with Gasteiger partial charge in [-0.15, -0.1) is 0 Å². The molecule has 2 unspecified atom stereocenters. The second-order valence-corrected chi connectivity index (χ2v) is 4.90. The fourth-order valence-corrected chi connectivity index (χ4v) is 2.06. The van der Waals surface area contributed by atoms with Crippen LogP contribution in [0.4, 0.5) is 0 Å². The minimum Gasteiger partial charge on any atom is -0.497 e. The van der Waals surface area contributed by atoms with Gasteiger partial charge in [0.25, 0.3) is 0 Å². The van der Waals surface area contributed by atoms with Gasteiger partial charge in [0.1, 0.15) is 5.75 Å². The molecule has 1 N–H and O–H groups in total. The lowest BCUT2D eigenvalue weighted by molar-refractivity contribution is 0.106. The van der Waals surface area contributed by atoms with Crippen molar-refractivity contribution in [2.75, 3.05) is 20.8 Å². The van der Waals surface area contributed by atoms with Crippen LogP contribution in [-0.2, 0) is 4.74 Å². The van der Waals surface area contributed by atoms with E-state index in [2.05, 4.69) is 31.3 Å². The summed E-state index contributed by atoms with van der Waals surface area (Å²) in [5.74, 6) is 0.906. The Hall–Kier alpha value is -1.06. The molecule has 0 aliphatic carbocycles. The monoisotopic (exact) mass is 265 g/mol. The van der Waals surface area contributed by atoms with Crippen molar-refractivity contribution in [1.82, 2.24) is 5.32 Å². The van der Waals surface area contributed by atoms with Gasteiger partial charge in [0, 0.05) is 13.2 Å². The molecule has 0 fully saturated rings. The zero-order chi connectivity index (χ0) is 14.1. The minimum absolute atomic E-state index is 0.309. The SMILES string of the molecule is CCCNC(CCC(C)OC)c1ccc(OC)cc1. The molecule has 0 amide bonds. The van der Waals surface area contributed by atoms with Crippen LogP contribution in [0.3, 0.4) is 0 Å². The molecule has 0 aliphatic heterocycles. The lowest BCUT2D eigenvalue weighted by Crippen LogP contribution is -2.23. The summed E-state index contributed by atoms with van der Waals surface area (Å²) < 4.78 is 10.5. The number of methoxy groups -OCH3 is 2. The molecule has 2 atom stereocenters. The quantitative estimate of drug-likeness (QED) is 0.740. The largest absolute Gasteiger partial charge is 0.497 e. The molecule has 0 bridgehead atoms. The first-order chi connectivity index (χ1) is 9.21. The Labute approximate surface area is 117 Å². The van der Waals surface area contributed by atoms with Crippen molar-refractivity contribution in [2.45, 2.75) is 45.3 Å². The molecule has 0 saturated heterocycles. The van der Waals surface area contributed by atoms with E-state index in [4.69, 9.17) is 9.47 Å². The standard InChI is InChI=1S/C16H27NO2/c1-5-12-17-16(11-6-13(2)18-3)14-7-9-15(19-4)10-8-14/h7-10,13,16-17H,5-6,11-12H2,1-4H3. The van der Waals surface area contributed by atoms with Gasteiger partial charge in [-0.25, -0.2) is 0 Å². The molecule has 0 aliphatic rings. The van der Waals surface area contributed by atoms with Gasteiger partial charge in [0.2, 0.25) is 0 Å². The summed E-state index contributed by atoms with van der Waals surface area (Å²) in [6.45, 7) is 5.35. The third kappa shape index (κ3) is 5.62. The molecule has 0 spiro atoms. The zero-order valence-corrected chi connectivity index (χ0v) is 12.6. The van der Waals surface area contributed by atoms with Crippen molar-refractivity contribution in [3.05, 3.63) is 29.8 Å². The third-order valence-electron chi connectivity index (χ3n) is 3.42. The van der Waals surface area contributed by atoms with E-state index >= 15 is 0 Å². The molecule has 108 valence electrons. The normalized spacial score (nSPS) is 14.1. The minimum atomic E-state index is 0.309. The predicted molar refractivity (Wildman–Crippen MR) is 79.7 cm³/mol. The van der Waals surface area contributed by atoms with Crippen molar-refractivity contribution in [1.29, 1.82) is 0 Å². The molecule has 19 heavy (non-hydrogen) atoms. The zero-order valence-electron chi connectivity index (χ0n) is 12.6. The van der Waals surface area contributed by atoms with E-state index in [1.54, 1.807) is 14.2 Å². The third-order valence-corrected chi connectivity index (χ3v) is 3.42. The number of hydrogen-bond acceptors (Lipinski definition) is 3. The van der Waals surface area contributed by atoms with Crippen molar-refractivity contribution in [2.24, 2.45) is 0 Å². The molecule has 0 radical (unpaired) electrons. The van der Waals surface area contributed by atoms with Crippen LogP contribution < -0.4 is 10.1 Å². The maximum absolute atomic E-state index is 5.33. The van der Waals surface area contributed by atoms with Gasteiger partial charge in [-0.3, -0.25) is 0 Å². The van der Waals surface area contributed by atoms with Crippen molar-refractivity contribution >= 4 is 0 Å². The predicted octanol–water partition coefficient (Wildman–Crippen LogP) is 3.55. The molecule has 3 heteroatoms. The van der Waals surface area contributed by atoms with Crippen molar-refractivity contribution < 1.29 is 9.47 Å². The van der Waals surface area contributed by atoms with Crippen LogP contribution in [0.15, 0.2) is 24.3 Å². The molecule has 1 aromatic carbocycles. The molecule has 0 aromatic heterocycles. The average Bonchev–Trinajstić information content (AvgIpc) is 2.47. The van der Waals surface area contributed by atoms with Gasteiger partial charge in [0.15, 0.2) is 0 Å². The van der Waals surface area contributed by atoms with Crippen LogP contribution in [0.5, 0.6) is 5.75 Å². The molecular formula is C16H27NO2. The average molecular weight is 265 g/mol. The van der Waals surface area contributed by atoms with Crippen LogP contribution in [0, 0.1) is 0 Å². The molecular weight excluding hydrogens is 238 g/mol. The Kier molecular flexibility index (Phi) is 7.53. The summed E-state index contributed by atoms with van der Waals surface area (Å²) >= 11 is 0. The summed E-state index contributed by atoms with van der Waals surface area (Å²) in [5, 5.41) is 3.61. The Balaban J connectivity index is 2.65. The first-order valence-electron chi connectivity index (χ1n) is 7.11. The number of rotatable bonds is 9. The fraction of sp³-hybridized carbons (Fsp3) is 0.625. The highest BCUT2D eigenvalue weighted by atomic mass is 16.5. The number of ether oxygens (including phenoxy) is 2. The molecule has 1 rings (SSSR count). The van der Waals surface area contributed by atoms with Crippen molar-refractivity contribution in [3.63, 3.8) is 0 Å². The second-order valence-electron chi connectivity index (χ2n) is 4.90. The van der Waals surface area contributed by atoms with E-state index < -0.39 is 0 Å². The maximum Gasteiger partial charge on any atom is 0.118 e. The van der Waals surface area contributed by atoms with Gasteiger partial charge >= 0.3 is 0 Å².